The summed E-state index contributed by atoms with van der Waals surface area (Å²) in [4.78, 5) is 4.11. The molecule has 0 amide bonds. The summed E-state index contributed by atoms with van der Waals surface area (Å²) in [5, 5.41) is 2.47. The minimum Gasteiger partial charge on any atom is -0.375 e. The van der Waals surface area contributed by atoms with Gasteiger partial charge < -0.3 is 5.73 Å². The van der Waals surface area contributed by atoms with Gasteiger partial charge in [-0.1, -0.05) is 45.2 Å². The van der Waals surface area contributed by atoms with Crippen LogP contribution in [-0.4, -0.2) is 4.98 Å². The van der Waals surface area contributed by atoms with E-state index in [4.69, 9.17) is 5.73 Å². The molecule has 2 nitrogen and oxygen atoms in total. The quantitative estimate of drug-likeness (QED) is 0.772. The van der Waals surface area contributed by atoms with Crippen LogP contribution in [0.2, 0.25) is 0 Å². The number of rotatable bonds is 3. The molecule has 1 aromatic rings. The molecule has 0 aliphatic carbocycles. The number of aromatic nitrogens is 1. The van der Waals surface area contributed by atoms with E-state index >= 15 is 0 Å². The summed E-state index contributed by atoms with van der Waals surface area (Å²) in [5.74, 6) is 0. The molecule has 2 N–H and O–H groups in total. The number of nitrogen functional groups attached to an aromatic ring is 1. The summed E-state index contributed by atoms with van der Waals surface area (Å²) in [6.45, 7) is 11.3. The predicted octanol–water partition coefficient (Wildman–Crippen LogP) is 3.51. The Morgan fingerprint density at radius 2 is 2.14 bits per heavy atom. The van der Waals surface area contributed by atoms with Crippen molar-refractivity contribution < 1.29 is 0 Å². The molecule has 1 aromatic heterocycles. The molecule has 1 rings (SSSR count). The smallest absolute Gasteiger partial charge is 0.180 e. The normalized spacial score (nSPS) is 10.0. The van der Waals surface area contributed by atoms with Gasteiger partial charge in [0.15, 0.2) is 5.13 Å². The van der Waals surface area contributed by atoms with Crippen LogP contribution >= 0.6 is 11.3 Å². The average Bonchev–Trinajstić information content (AvgIpc) is 2.64. The molecule has 14 heavy (non-hydrogen) atoms. The minimum atomic E-state index is 0.571. The Labute approximate surface area is 89.5 Å². The fourth-order valence-corrected chi connectivity index (χ4v) is 1.38. The largest absolute Gasteiger partial charge is 0.375 e. The zero-order chi connectivity index (χ0) is 11.0. The molecule has 1 heterocycles. The van der Waals surface area contributed by atoms with Gasteiger partial charge >= 0.3 is 0 Å². The number of hydrogen-bond donors (Lipinski definition) is 1. The van der Waals surface area contributed by atoms with Crippen molar-refractivity contribution in [3.8, 4) is 0 Å². The van der Waals surface area contributed by atoms with Gasteiger partial charge in [-0.2, -0.15) is 0 Å². The van der Waals surface area contributed by atoms with Crippen molar-refractivity contribution in [1.29, 1.82) is 0 Å². The second-order valence-corrected chi connectivity index (χ2v) is 3.02. The molecular formula is C11H16N2S. The van der Waals surface area contributed by atoms with Crippen LogP contribution in [0.25, 0.3) is 5.57 Å². The van der Waals surface area contributed by atoms with E-state index in [-0.39, 0.29) is 0 Å². The van der Waals surface area contributed by atoms with Gasteiger partial charge in [0.25, 0.3) is 0 Å². The molecule has 0 atom stereocenters. The van der Waals surface area contributed by atoms with Crippen molar-refractivity contribution in [3.63, 3.8) is 0 Å². The van der Waals surface area contributed by atoms with Gasteiger partial charge in [-0.05, 0) is 0 Å². The van der Waals surface area contributed by atoms with Crippen molar-refractivity contribution >= 4 is 22.0 Å². The molecule has 0 saturated heterocycles. The van der Waals surface area contributed by atoms with Crippen molar-refractivity contribution in [2.45, 2.75) is 13.8 Å². The lowest BCUT2D eigenvalue weighted by Gasteiger charge is -1.92. The van der Waals surface area contributed by atoms with Crippen LogP contribution in [0.15, 0.2) is 36.8 Å². The third-order valence-corrected chi connectivity index (χ3v) is 2.01. The maximum Gasteiger partial charge on any atom is 0.180 e. The van der Waals surface area contributed by atoms with Crippen LogP contribution in [0.1, 0.15) is 19.5 Å². The number of nitrogens with two attached hydrogens (primary N) is 1. The second kappa shape index (κ2) is 7.09. The predicted molar refractivity (Wildman–Crippen MR) is 66.2 cm³/mol. The van der Waals surface area contributed by atoms with Gasteiger partial charge in [0.2, 0.25) is 0 Å². The number of nitrogens with zero attached hydrogens (tertiary/aromatic N) is 1. The molecule has 76 valence electrons. The molecule has 0 aliphatic rings. The summed E-state index contributed by atoms with van der Waals surface area (Å²) in [6.07, 6.45) is 5.28. The first kappa shape index (κ1) is 12.7. The molecule has 0 bridgehead atoms. The van der Waals surface area contributed by atoms with E-state index in [1.165, 1.54) is 11.3 Å². The van der Waals surface area contributed by atoms with Crippen molar-refractivity contribution in [3.05, 3.63) is 42.5 Å². The van der Waals surface area contributed by atoms with E-state index < -0.39 is 0 Å². The summed E-state index contributed by atoms with van der Waals surface area (Å²) in [5.41, 5.74) is 7.28. The van der Waals surface area contributed by atoms with Crippen LogP contribution in [-0.2, 0) is 0 Å². The summed E-state index contributed by atoms with van der Waals surface area (Å²) < 4.78 is 0. The Balaban J connectivity index is 0.000000791. The van der Waals surface area contributed by atoms with E-state index in [0.717, 1.165) is 11.3 Å². The third-order valence-electron chi connectivity index (χ3n) is 1.34. The maximum absolute atomic E-state index is 5.49. The van der Waals surface area contributed by atoms with Gasteiger partial charge in [0, 0.05) is 11.0 Å². The highest BCUT2D eigenvalue weighted by atomic mass is 32.1. The van der Waals surface area contributed by atoms with E-state index in [1.807, 2.05) is 25.3 Å². The summed E-state index contributed by atoms with van der Waals surface area (Å²) >= 11 is 1.42. The number of allylic oxidation sites excluding steroid dienone is 4. The summed E-state index contributed by atoms with van der Waals surface area (Å²) in [6, 6.07) is 0. The Kier molecular flexibility index (Phi) is 6.41. The standard InChI is InChI=1S/C9H10N2S.C2H6/c1-3-5-7(4-2)8-6-12-9(10)11-8;1-2/h3-6H,1-2H2,(H2,10,11);1-2H3/b7-5+;. The van der Waals surface area contributed by atoms with Crippen LogP contribution in [0.4, 0.5) is 5.13 Å². The van der Waals surface area contributed by atoms with Gasteiger partial charge in [-0.3, -0.25) is 0 Å². The highest BCUT2D eigenvalue weighted by molar-refractivity contribution is 7.13. The Bertz CT molecular complexity index is 324. The first-order valence-corrected chi connectivity index (χ1v) is 5.32. The fraction of sp³-hybridized carbons (Fsp3) is 0.182. The van der Waals surface area contributed by atoms with Crippen molar-refractivity contribution in [2.75, 3.05) is 5.73 Å². The van der Waals surface area contributed by atoms with E-state index in [2.05, 4.69) is 18.1 Å². The van der Waals surface area contributed by atoms with E-state index in [0.29, 0.717) is 5.13 Å². The Morgan fingerprint density at radius 3 is 2.50 bits per heavy atom. The molecule has 0 radical (unpaired) electrons. The van der Waals surface area contributed by atoms with Crippen molar-refractivity contribution in [2.24, 2.45) is 0 Å². The van der Waals surface area contributed by atoms with Crippen molar-refractivity contribution in [1.82, 2.24) is 4.98 Å². The Hall–Kier alpha value is -1.35. The number of hydrogen-bond acceptors (Lipinski definition) is 3. The molecule has 0 spiro atoms. The topological polar surface area (TPSA) is 38.9 Å². The van der Waals surface area contributed by atoms with Crippen LogP contribution in [0, 0.1) is 0 Å². The zero-order valence-electron chi connectivity index (χ0n) is 8.66. The maximum atomic E-state index is 5.49. The third kappa shape index (κ3) is 3.58. The highest BCUT2D eigenvalue weighted by Gasteiger charge is 2.00. The van der Waals surface area contributed by atoms with Gasteiger partial charge in [0.1, 0.15) is 0 Å². The molecular weight excluding hydrogens is 192 g/mol. The van der Waals surface area contributed by atoms with Crippen LogP contribution in [0.5, 0.6) is 0 Å². The SMILES string of the molecule is C=C/C=C(\C=C)c1csc(N)n1.CC. The summed E-state index contributed by atoms with van der Waals surface area (Å²) in [7, 11) is 0. The number of thiazole rings is 1. The fourth-order valence-electron chi connectivity index (χ4n) is 0.805. The van der Waals surface area contributed by atoms with E-state index in [9.17, 15) is 0 Å². The lowest BCUT2D eigenvalue weighted by molar-refractivity contribution is 1.37. The van der Waals surface area contributed by atoms with Gasteiger partial charge in [-0.25, -0.2) is 4.98 Å². The molecule has 0 fully saturated rings. The monoisotopic (exact) mass is 208 g/mol. The lowest BCUT2D eigenvalue weighted by Crippen LogP contribution is -1.84. The van der Waals surface area contributed by atoms with Crippen LogP contribution in [0.3, 0.4) is 0 Å². The second-order valence-electron chi connectivity index (χ2n) is 2.13. The minimum absolute atomic E-state index is 0.571. The first-order chi connectivity index (χ1) is 6.77. The molecule has 0 aromatic carbocycles. The van der Waals surface area contributed by atoms with E-state index in [1.54, 1.807) is 12.2 Å². The zero-order valence-corrected chi connectivity index (χ0v) is 9.47. The molecule has 0 unspecified atom stereocenters. The molecule has 0 aliphatic heterocycles. The number of anilines is 1. The molecule has 0 saturated carbocycles. The lowest BCUT2D eigenvalue weighted by atomic mass is 10.2. The average molecular weight is 208 g/mol. The Morgan fingerprint density at radius 1 is 1.50 bits per heavy atom. The first-order valence-electron chi connectivity index (χ1n) is 4.44. The molecule has 3 heteroatoms. The highest BCUT2D eigenvalue weighted by Crippen LogP contribution is 2.19. The van der Waals surface area contributed by atoms with Gasteiger partial charge in [0.05, 0.1) is 5.69 Å². The van der Waals surface area contributed by atoms with Crippen LogP contribution < -0.4 is 5.73 Å². The van der Waals surface area contributed by atoms with Gasteiger partial charge in [-0.15, -0.1) is 11.3 Å².